The van der Waals surface area contributed by atoms with Gasteiger partial charge in [0.15, 0.2) is 0 Å². The van der Waals surface area contributed by atoms with Crippen molar-refractivity contribution in [2.45, 2.75) is 39.7 Å². The first-order chi connectivity index (χ1) is 9.60. The highest BCUT2D eigenvalue weighted by molar-refractivity contribution is 5.80. The van der Waals surface area contributed by atoms with E-state index in [2.05, 4.69) is 5.32 Å². The Hall–Kier alpha value is -1.78. The molecule has 0 spiro atoms. The summed E-state index contributed by atoms with van der Waals surface area (Å²) in [7, 11) is 0. The van der Waals surface area contributed by atoms with Crippen LogP contribution in [0.5, 0.6) is 0 Å². The van der Waals surface area contributed by atoms with Crippen LogP contribution in [0.25, 0.3) is 0 Å². The molecule has 1 fully saturated rings. The van der Waals surface area contributed by atoms with E-state index in [1.54, 1.807) is 0 Å². The third-order valence-corrected chi connectivity index (χ3v) is 3.75. The van der Waals surface area contributed by atoms with Gasteiger partial charge in [-0.05, 0) is 31.9 Å². The fraction of sp³-hybridized carbons (Fsp3) is 0.600. The maximum Gasteiger partial charge on any atom is 0.223 e. The van der Waals surface area contributed by atoms with E-state index < -0.39 is 0 Å². The molecule has 0 radical (unpaired) electrons. The van der Waals surface area contributed by atoms with Crippen molar-refractivity contribution >= 4 is 11.8 Å². The largest absolute Gasteiger partial charge is 0.465 e. The standard InChI is InChI=1S/C15H22N2O3/c1-3-14(18)17-8-6-12(7-9-17)15(19)16-10-13-5-4-11(2)20-13/h4-5,12H,3,6-10H2,1-2H3,(H,16,19). The maximum absolute atomic E-state index is 12.1. The summed E-state index contributed by atoms with van der Waals surface area (Å²) in [6.07, 6.45) is 2.03. The lowest BCUT2D eigenvalue weighted by Gasteiger charge is -2.31. The minimum absolute atomic E-state index is 0.00645. The number of likely N-dealkylation sites (tertiary alicyclic amines) is 1. The highest BCUT2D eigenvalue weighted by Crippen LogP contribution is 2.18. The van der Waals surface area contributed by atoms with E-state index in [0.717, 1.165) is 24.4 Å². The first kappa shape index (κ1) is 14.6. The Morgan fingerprint density at radius 3 is 2.60 bits per heavy atom. The molecule has 1 aliphatic rings. The monoisotopic (exact) mass is 278 g/mol. The van der Waals surface area contributed by atoms with Gasteiger partial charge in [-0.15, -0.1) is 0 Å². The van der Waals surface area contributed by atoms with Crippen molar-refractivity contribution in [1.82, 2.24) is 10.2 Å². The Morgan fingerprint density at radius 1 is 1.35 bits per heavy atom. The Bertz CT molecular complexity index is 473. The number of furan rings is 1. The van der Waals surface area contributed by atoms with Crippen molar-refractivity contribution in [3.63, 3.8) is 0 Å². The van der Waals surface area contributed by atoms with Gasteiger partial charge in [-0.1, -0.05) is 6.92 Å². The first-order valence-corrected chi connectivity index (χ1v) is 7.21. The number of nitrogens with one attached hydrogen (secondary N) is 1. The summed E-state index contributed by atoms with van der Waals surface area (Å²) in [5.41, 5.74) is 0. The van der Waals surface area contributed by atoms with Gasteiger partial charge in [0.05, 0.1) is 6.54 Å². The second-order valence-corrected chi connectivity index (χ2v) is 5.24. The lowest BCUT2D eigenvalue weighted by molar-refractivity contribution is -0.135. The number of nitrogens with zero attached hydrogens (tertiary/aromatic N) is 1. The van der Waals surface area contributed by atoms with Gasteiger partial charge < -0.3 is 14.6 Å². The Morgan fingerprint density at radius 2 is 2.05 bits per heavy atom. The van der Waals surface area contributed by atoms with Crippen LogP contribution in [0.1, 0.15) is 37.7 Å². The van der Waals surface area contributed by atoms with Gasteiger partial charge in [-0.2, -0.15) is 0 Å². The number of aryl methyl sites for hydroxylation is 1. The van der Waals surface area contributed by atoms with Crippen LogP contribution in [0, 0.1) is 12.8 Å². The van der Waals surface area contributed by atoms with Gasteiger partial charge >= 0.3 is 0 Å². The normalized spacial score (nSPS) is 16.2. The molecule has 0 atom stereocenters. The van der Waals surface area contributed by atoms with Crippen LogP contribution in [-0.4, -0.2) is 29.8 Å². The van der Waals surface area contributed by atoms with E-state index in [4.69, 9.17) is 4.42 Å². The van der Waals surface area contributed by atoms with Gasteiger partial charge in [-0.25, -0.2) is 0 Å². The minimum atomic E-state index is 0.00645. The zero-order valence-corrected chi connectivity index (χ0v) is 12.1. The minimum Gasteiger partial charge on any atom is -0.465 e. The molecule has 1 saturated heterocycles. The quantitative estimate of drug-likeness (QED) is 0.914. The second-order valence-electron chi connectivity index (χ2n) is 5.24. The smallest absolute Gasteiger partial charge is 0.223 e. The van der Waals surface area contributed by atoms with Gasteiger partial charge in [0.1, 0.15) is 11.5 Å². The molecular formula is C15H22N2O3. The van der Waals surface area contributed by atoms with Crippen LogP contribution in [0.4, 0.5) is 0 Å². The fourth-order valence-electron chi connectivity index (χ4n) is 2.51. The molecule has 1 N–H and O–H groups in total. The number of hydrogen-bond donors (Lipinski definition) is 1. The van der Waals surface area contributed by atoms with Crippen molar-refractivity contribution in [2.24, 2.45) is 5.92 Å². The number of hydrogen-bond acceptors (Lipinski definition) is 3. The number of carbonyl (C=O) groups is 2. The Balaban J connectivity index is 1.76. The molecule has 110 valence electrons. The topological polar surface area (TPSA) is 62.6 Å². The summed E-state index contributed by atoms with van der Waals surface area (Å²) in [4.78, 5) is 25.5. The molecule has 0 bridgehead atoms. The van der Waals surface area contributed by atoms with Gasteiger partial charge in [0.2, 0.25) is 11.8 Å². The molecule has 0 saturated carbocycles. The molecule has 5 nitrogen and oxygen atoms in total. The van der Waals surface area contributed by atoms with Crippen molar-refractivity contribution in [3.05, 3.63) is 23.7 Å². The van der Waals surface area contributed by atoms with E-state index in [1.807, 2.05) is 30.9 Å². The molecule has 0 aromatic carbocycles. The summed E-state index contributed by atoms with van der Waals surface area (Å²) in [5.74, 6) is 1.86. The molecule has 1 aromatic heterocycles. The summed E-state index contributed by atoms with van der Waals surface area (Å²) in [6, 6.07) is 3.76. The molecule has 2 amide bonds. The number of rotatable bonds is 4. The summed E-state index contributed by atoms with van der Waals surface area (Å²) in [5, 5.41) is 2.90. The zero-order valence-electron chi connectivity index (χ0n) is 12.1. The van der Waals surface area contributed by atoms with Crippen molar-refractivity contribution in [3.8, 4) is 0 Å². The average molecular weight is 278 g/mol. The SMILES string of the molecule is CCC(=O)N1CCC(C(=O)NCc2ccc(C)o2)CC1. The van der Waals surface area contributed by atoms with E-state index in [0.29, 0.717) is 26.1 Å². The molecule has 1 aliphatic heterocycles. The van der Waals surface area contributed by atoms with Crippen molar-refractivity contribution in [2.75, 3.05) is 13.1 Å². The lowest BCUT2D eigenvalue weighted by atomic mass is 9.95. The average Bonchev–Trinajstić information content (AvgIpc) is 2.89. The molecular weight excluding hydrogens is 256 g/mol. The molecule has 0 aliphatic carbocycles. The maximum atomic E-state index is 12.1. The molecule has 0 unspecified atom stereocenters. The van der Waals surface area contributed by atoms with Crippen LogP contribution in [-0.2, 0) is 16.1 Å². The van der Waals surface area contributed by atoms with Crippen LogP contribution in [0.2, 0.25) is 0 Å². The number of carbonyl (C=O) groups excluding carboxylic acids is 2. The predicted octanol–water partition coefficient (Wildman–Crippen LogP) is 1.85. The highest BCUT2D eigenvalue weighted by Gasteiger charge is 2.26. The molecule has 2 rings (SSSR count). The second kappa shape index (κ2) is 6.59. The van der Waals surface area contributed by atoms with E-state index >= 15 is 0 Å². The van der Waals surface area contributed by atoms with E-state index in [1.165, 1.54) is 0 Å². The van der Waals surface area contributed by atoms with E-state index in [-0.39, 0.29) is 17.7 Å². The summed E-state index contributed by atoms with van der Waals surface area (Å²) >= 11 is 0. The van der Waals surface area contributed by atoms with Gasteiger partial charge in [0.25, 0.3) is 0 Å². The Kier molecular flexibility index (Phi) is 4.82. The van der Waals surface area contributed by atoms with Crippen LogP contribution in [0.3, 0.4) is 0 Å². The fourth-order valence-corrected chi connectivity index (χ4v) is 2.51. The number of piperidine rings is 1. The van der Waals surface area contributed by atoms with E-state index in [9.17, 15) is 9.59 Å². The van der Waals surface area contributed by atoms with Crippen LogP contribution in [0.15, 0.2) is 16.5 Å². The number of amides is 2. The molecule has 20 heavy (non-hydrogen) atoms. The summed E-state index contributed by atoms with van der Waals surface area (Å²) < 4.78 is 5.42. The summed E-state index contributed by atoms with van der Waals surface area (Å²) in [6.45, 7) is 5.55. The van der Waals surface area contributed by atoms with Crippen molar-refractivity contribution in [1.29, 1.82) is 0 Å². The first-order valence-electron chi connectivity index (χ1n) is 7.21. The van der Waals surface area contributed by atoms with Crippen molar-refractivity contribution < 1.29 is 14.0 Å². The molecule has 5 heteroatoms. The van der Waals surface area contributed by atoms with Crippen LogP contribution >= 0.6 is 0 Å². The third-order valence-electron chi connectivity index (χ3n) is 3.75. The highest BCUT2D eigenvalue weighted by atomic mass is 16.3. The van der Waals surface area contributed by atoms with Crippen LogP contribution < -0.4 is 5.32 Å². The molecule has 2 heterocycles. The zero-order chi connectivity index (χ0) is 14.5. The lowest BCUT2D eigenvalue weighted by Crippen LogP contribution is -2.42. The van der Waals surface area contributed by atoms with Gasteiger partial charge in [-0.3, -0.25) is 9.59 Å². The molecule has 1 aromatic rings. The Labute approximate surface area is 119 Å². The van der Waals surface area contributed by atoms with Gasteiger partial charge in [0, 0.05) is 25.4 Å². The third kappa shape index (κ3) is 3.62. The predicted molar refractivity (Wildman–Crippen MR) is 74.9 cm³/mol.